The first-order valence-electron chi connectivity index (χ1n) is 18.9. The molecule has 8 heteroatoms. The van der Waals surface area contributed by atoms with Gasteiger partial charge < -0.3 is 5.32 Å². The van der Waals surface area contributed by atoms with Gasteiger partial charge in [-0.2, -0.15) is 0 Å². The second-order valence-electron chi connectivity index (χ2n) is 14.0. The molecule has 0 radical (unpaired) electrons. The highest BCUT2D eigenvalue weighted by molar-refractivity contribution is 8.05. The molecule has 4 aliphatic rings. The smallest absolute Gasteiger partial charge is 0.163 e. The van der Waals surface area contributed by atoms with Gasteiger partial charge in [-0.1, -0.05) is 157 Å². The van der Waals surface area contributed by atoms with E-state index in [2.05, 4.69) is 151 Å². The number of fused-ring (bicyclic) bond motifs is 2. The molecule has 3 atom stereocenters. The van der Waals surface area contributed by atoms with E-state index in [9.17, 15) is 0 Å². The molecule has 0 fully saturated rings. The first-order chi connectivity index (χ1) is 27.7. The molecule has 0 bridgehead atoms. The Balaban J connectivity index is 1.16. The van der Waals surface area contributed by atoms with Crippen LogP contribution >= 0.6 is 23.5 Å². The summed E-state index contributed by atoms with van der Waals surface area (Å²) >= 11 is 3.66. The minimum atomic E-state index is -0.294. The van der Waals surface area contributed by atoms with Crippen LogP contribution in [0.2, 0.25) is 0 Å². The van der Waals surface area contributed by atoms with E-state index in [1.165, 1.54) is 19.6 Å². The predicted molar refractivity (Wildman–Crippen MR) is 229 cm³/mol. The van der Waals surface area contributed by atoms with Crippen LogP contribution in [0.3, 0.4) is 0 Å². The summed E-state index contributed by atoms with van der Waals surface area (Å²) in [4.78, 5) is 30.9. The van der Waals surface area contributed by atoms with Crippen molar-refractivity contribution in [1.82, 2.24) is 20.3 Å². The van der Waals surface area contributed by atoms with Crippen LogP contribution in [0.25, 0.3) is 33.9 Å². The summed E-state index contributed by atoms with van der Waals surface area (Å²) in [5.41, 5.74) is 6.09. The molecule has 1 aromatic heterocycles. The van der Waals surface area contributed by atoms with Gasteiger partial charge in [0.05, 0.1) is 0 Å². The fraction of sp³-hybridized carbons (Fsp3) is 0.104. The average molecular weight is 761 g/mol. The Kier molecular flexibility index (Phi) is 9.35. The average Bonchev–Trinajstić information content (AvgIpc) is 3.29. The molecule has 1 N–H and O–H groups in total. The number of nitrogens with zero attached hydrogens (tertiary/aromatic N) is 5. The van der Waals surface area contributed by atoms with Crippen LogP contribution in [0.15, 0.2) is 200 Å². The zero-order chi connectivity index (χ0) is 37.3. The van der Waals surface area contributed by atoms with Gasteiger partial charge in [0.1, 0.15) is 23.7 Å². The van der Waals surface area contributed by atoms with Crippen molar-refractivity contribution in [3.05, 3.63) is 187 Å². The van der Waals surface area contributed by atoms with E-state index in [0.29, 0.717) is 11.6 Å². The summed E-state index contributed by atoms with van der Waals surface area (Å²) in [5.74, 6) is 3.75. The van der Waals surface area contributed by atoms with Gasteiger partial charge in [-0.25, -0.2) is 24.9 Å². The Morgan fingerprint density at radius 3 is 1.93 bits per heavy atom. The molecule has 0 saturated carbocycles. The highest BCUT2D eigenvalue weighted by Gasteiger charge is 2.27. The lowest BCUT2D eigenvalue weighted by molar-refractivity contribution is 0.659. The fourth-order valence-electron chi connectivity index (χ4n) is 7.36. The Bertz CT molecular complexity index is 2640. The maximum Gasteiger partial charge on any atom is 0.163 e. The minimum absolute atomic E-state index is 0.0499. The summed E-state index contributed by atoms with van der Waals surface area (Å²) in [7, 11) is 0. The molecule has 3 unspecified atom stereocenters. The quantitative estimate of drug-likeness (QED) is 0.174. The molecular formula is C48H36N6S2. The van der Waals surface area contributed by atoms with Crippen molar-refractivity contribution in [2.24, 2.45) is 15.9 Å². The lowest BCUT2D eigenvalue weighted by Crippen LogP contribution is -2.35. The number of amidine groups is 2. The van der Waals surface area contributed by atoms with E-state index in [-0.39, 0.29) is 18.0 Å². The normalized spacial score (nSPS) is 19.4. The third-order valence-electron chi connectivity index (χ3n) is 10.2. The molecule has 2 aliphatic carbocycles. The molecule has 10 rings (SSSR count). The first-order valence-corrected chi connectivity index (χ1v) is 20.5. The van der Waals surface area contributed by atoms with Gasteiger partial charge in [0.25, 0.3) is 0 Å². The maximum absolute atomic E-state index is 5.29. The number of allylic oxidation sites excluding steroid dienone is 7. The Morgan fingerprint density at radius 1 is 0.536 bits per heavy atom. The molecular weight excluding hydrogens is 725 g/mol. The van der Waals surface area contributed by atoms with E-state index in [0.717, 1.165) is 63.7 Å². The molecule has 0 amide bonds. The molecule has 0 spiro atoms. The molecule has 3 heterocycles. The van der Waals surface area contributed by atoms with Gasteiger partial charge in [-0.15, -0.1) is 0 Å². The number of hydrogen-bond donors (Lipinski definition) is 1. The van der Waals surface area contributed by atoms with E-state index in [4.69, 9.17) is 24.9 Å². The number of aliphatic imine (C=N–C) groups is 2. The predicted octanol–water partition coefficient (Wildman–Crippen LogP) is 11.7. The molecule has 270 valence electrons. The van der Waals surface area contributed by atoms with Crippen molar-refractivity contribution in [3.8, 4) is 33.9 Å². The summed E-state index contributed by atoms with van der Waals surface area (Å²) in [5, 5.41) is 3.73. The zero-order valence-corrected chi connectivity index (χ0v) is 32.0. The van der Waals surface area contributed by atoms with Crippen molar-refractivity contribution < 1.29 is 0 Å². The minimum Gasteiger partial charge on any atom is -0.344 e. The van der Waals surface area contributed by atoms with Crippen molar-refractivity contribution in [3.63, 3.8) is 0 Å². The third-order valence-corrected chi connectivity index (χ3v) is 12.8. The van der Waals surface area contributed by atoms with Crippen molar-refractivity contribution >= 4 is 35.2 Å². The van der Waals surface area contributed by atoms with E-state index in [1.807, 2.05) is 47.8 Å². The Morgan fingerprint density at radius 2 is 1.18 bits per heavy atom. The van der Waals surface area contributed by atoms with Gasteiger partial charge in [-0.3, -0.25) is 0 Å². The summed E-state index contributed by atoms with van der Waals surface area (Å²) in [6, 6.07) is 42.5. The van der Waals surface area contributed by atoms with Crippen molar-refractivity contribution in [2.75, 3.05) is 0 Å². The standard InChI is InChI=1S/C48H36N6S2/c1-5-16-31(17-6-1)43-49-44(32-18-7-2-8-19-32)52-47(51-43)36-28-35(38-24-15-27-41-42(38)56-40-26-14-13-25-39(40)55-41)29-37(30-36)48-53-45(33-20-9-3-10-21-33)50-46(54-48)34-22-11-4-12-23-34/h1-18,20-22,24-30,32,34,43H,19,23H2,(H,49,51,52). The summed E-state index contributed by atoms with van der Waals surface area (Å²) in [6.45, 7) is 0. The fourth-order valence-corrected chi connectivity index (χ4v) is 9.76. The van der Waals surface area contributed by atoms with Crippen molar-refractivity contribution in [1.29, 1.82) is 0 Å². The van der Waals surface area contributed by atoms with Crippen molar-refractivity contribution in [2.45, 2.75) is 44.5 Å². The number of rotatable bonds is 7. The molecule has 2 aliphatic heterocycles. The first kappa shape index (κ1) is 34.4. The molecule has 0 saturated heterocycles. The molecule has 56 heavy (non-hydrogen) atoms. The monoisotopic (exact) mass is 760 g/mol. The number of benzene rings is 5. The van der Waals surface area contributed by atoms with Crippen LogP contribution in [-0.4, -0.2) is 26.6 Å². The Labute approximate surface area is 335 Å². The van der Waals surface area contributed by atoms with E-state index < -0.39 is 0 Å². The van der Waals surface area contributed by atoms with Crippen LogP contribution in [0.4, 0.5) is 0 Å². The topological polar surface area (TPSA) is 75.4 Å². The van der Waals surface area contributed by atoms with Gasteiger partial charge >= 0.3 is 0 Å². The number of hydrogen-bond acceptors (Lipinski definition) is 8. The lowest BCUT2D eigenvalue weighted by atomic mass is 9.96. The zero-order valence-electron chi connectivity index (χ0n) is 30.4. The highest BCUT2D eigenvalue weighted by atomic mass is 32.2. The molecule has 5 aromatic carbocycles. The van der Waals surface area contributed by atoms with Crippen LogP contribution in [-0.2, 0) is 0 Å². The van der Waals surface area contributed by atoms with Crippen LogP contribution < -0.4 is 5.32 Å². The summed E-state index contributed by atoms with van der Waals surface area (Å²) < 4.78 is 0. The Hall–Kier alpha value is -6.09. The van der Waals surface area contributed by atoms with Gasteiger partial charge in [0, 0.05) is 48.1 Å². The lowest BCUT2D eigenvalue weighted by Gasteiger charge is -2.27. The summed E-state index contributed by atoms with van der Waals surface area (Å²) in [6.07, 6.45) is 18.5. The highest BCUT2D eigenvalue weighted by Crippen LogP contribution is 2.52. The van der Waals surface area contributed by atoms with Gasteiger partial charge in [0.15, 0.2) is 11.6 Å². The van der Waals surface area contributed by atoms with Crippen LogP contribution in [0, 0.1) is 5.92 Å². The molecule has 6 aromatic rings. The number of aromatic nitrogens is 3. The van der Waals surface area contributed by atoms with E-state index in [1.54, 1.807) is 0 Å². The second kappa shape index (κ2) is 15.2. The SMILES string of the molecule is C1=CCC(C2=NC(c3ccccc3)NC(c3cc(-c4nc(-c5ccccc5)nc(C5C=CC=CC5)n4)cc(-c4cccc5c4Sc4ccccc4S5)c3)=N2)C=C1. The largest absolute Gasteiger partial charge is 0.344 e. The van der Waals surface area contributed by atoms with Crippen LogP contribution in [0.1, 0.15) is 41.9 Å². The van der Waals surface area contributed by atoms with Gasteiger partial charge in [0.2, 0.25) is 0 Å². The second-order valence-corrected chi connectivity index (χ2v) is 16.1. The maximum atomic E-state index is 5.29. The van der Waals surface area contributed by atoms with Crippen LogP contribution in [0.5, 0.6) is 0 Å². The van der Waals surface area contributed by atoms with Gasteiger partial charge in [-0.05, 0) is 65.9 Å². The van der Waals surface area contributed by atoms with E-state index >= 15 is 0 Å². The molecule has 6 nitrogen and oxygen atoms in total. The number of nitrogens with one attached hydrogen (secondary N) is 1. The third kappa shape index (κ3) is 6.98.